The van der Waals surface area contributed by atoms with Crippen molar-refractivity contribution in [2.75, 3.05) is 0 Å². The average molecular weight is 322 g/mol. The lowest BCUT2D eigenvalue weighted by Crippen LogP contribution is -2.39. The highest BCUT2D eigenvalue weighted by atomic mass is 35.5. The Morgan fingerprint density at radius 1 is 1.24 bits per heavy atom. The van der Waals surface area contributed by atoms with Crippen molar-refractivity contribution in [3.63, 3.8) is 0 Å². The van der Waals surface area contributed by atoms with Gasteiger partial charge in [0.25, 0.3) is 5.91 Å². The van der Waals surface area contributed by atoms with Crippen LogP contribution in [0.1, 0.15) is 36.7 Å². The van der Waals surface area contributed by atoms with Crippen LogP contribution in [0.5, 0.6) is 0 Å². The van der Waals surface area contributed by atoms with E-state index in [9.17, 15) is 18.0 Å². The minimum atomic E-state index is -4.51. The summed E-state index contributed by atoms with van der Waals surface area (Å²) in [6.07, 6.45) is -4.51. The number of alkyl halides is 3. The number of carbonyl (C=O) groups is 1. The maximum atomic E-state index is 12.6. The predicted molar refractivity (Wildman–Crippen MR) is 75.1 cm³/mol. The molecule has 0 aliphatic heterocycles. The molecule has 0 radical (unpaired) electrons. The zero-order valence-corrected chi connectivity index (χ0v) is 12.4. The first kappa shape index (κ1) is 17.3. The van der Waals surface area contributed by atoms with E-state index >= 15 is 0 Å². The fourth-order valence-corrected chi connectivity index (χ4v) is 1.51. The molecule has 0 heterocycles. The Kier molecular flexibility index (Phi) is 5.22. The second kappa shape index (κ2) is 6.34. The number of hydrogen-bond acceptors (Lipinski definition) is 2. The summed E-state index contributed by atoms with van der Waals surface area (Å²) in [4.78, 5) is 18.2. The molecule has 1 aromatic carbocycles. The Balaban J connectivity index is 2.97. The highest BCUT2D eigenvalue weighted by molar-refractivity contribution is 6.24. The maximum Gasteiger partial charge on any atom is 0.416 e. The van der Waals surface area contributed by atoms with Crippen molar-refractivity contribution < 1.29 is 18.0 Å². The van der Waals surface area contributed by atoms with Gasteiger partial charge in [-0.2, -0.15) is 13.2 Å². The molecule has 0 saturated carbocycles. The van der Waals surface area contributed by atoms with E-state index in [1.807, 2.05) is 0 Å². The fraction of sp³-hybridized carbons (Fsp3) is 0.385. The molecule has 2 N–H and O–H groups in total. The first-order valence-electron chi connectivity index (χ1n) is 5.98. The van der Waals surface area contributed by atoms with Gasteiger partial charge < -0.3 is 0 Å². The summed E-state index contributed by atoms with van der Waals surface area (Å²) in [6, 6.07) is 4.08. The van der Waals surface area contributed by atoms with E-state index < -0.39 is 23.2 Å². The van der Waals surface area contributed by atoms with E-state index in [4.69, 9.17) is 11.8 Å². The molecular weight excluding hydrogens is 307 g/mol. The Hall–Kier alpha value is -1.76. The Bertz CT molecular complexity index is 550. The van der Waals surface area contributed by atoms with Gasteiger partial charge >= 0.3 is 6.18 Å². The van der Waals surface area contributed by atoms with Gasteiger partial charge in [-0.1, -0.05) is 6.07 Å². The van der Waals surface area contributed by atoms with E-state index in [0.29, 0.717) is 0 Å². The summed E-state index contributed by atoms with van der Waals surface area (Å²) in [5.41, 5.74) is -1.56. The Morgan fingerprint density at radius 3 is 2.33 bits per heavy atom. The number of nitrogens with zero attached hydrogens (tertiary/aromatic N) is 1. The molecule has 4 nitrogen and oxygen atoms in total. The molecule has 8 heteroatoms. The predicted octanol–water partition coefficient (Wildman–Crippen LogP) is 3.33. The normalized spacial score (nSPS) is 13.0. The highest BCUT2D eigenvalue weighted by Gasteiger charge is 2.31. The third kappa shape index (κ3) is 5.63. The highest BCUT2D eigenvalue weighted by Crippen LogP contribution is 2.29. The lowest BCUT2D eigenvalue weighted by molar-refractivity contribution is -0.137. The first-order chi connectivity index (χ1) is 9.53. The molecule has 1 amide bonds. The summed E-state index contributed by atoms with van der Waals surface area (Å²) < 4.78 is 37.8. The zero-order valence-electron chi connectivity index (χ0n) is 11.7. The van der Waals surface area contributed by atoms with Crippen LogP contribution in [0.25, 0.3) is 0 Å². The second-order valence-corrected chi connectivity index (χ2v) is 5.45. The van der Waals surface area contributed by atoms with E-state index in [1.54, 1.807) is 20.8 Å². The minimum Gasteiger partial charge on any atom is -0.292 e. The van der Waals surface area contributed by atoms with Gasteiger partial charge in [0.15, 0.2) is 0 Å². The van der Waals surface area contributed by atoms with Crippen LogP contribution in [0.2, 0.25) is 0 Å². The third-order valence-corrected chi connectivity index (χ3v) is 2.40. The van der Waals surface area contributed by atoms with E-state index in [-0.39, 0.29) is 11.5 Å². The quantitative estimate of drug-likeness (QED) is 0.473. The van der Waals surface area contributed by atoms with Crippen LogP contribution in [0.3, 0.4) is 0 Å². The molecular formula is C13H15ClF3N3O. The van der Waals surface area contributed by atoms with Gasteiger partial charge in [0.1, 0.15) is 0 Å². The van der Waals surface area contributed by atoms with E-state index in [1.165, 1.54) is 6.07 Å². The molecule has 0 spiro atoms. The molecule has 0 saturated heterocycles. The Morgan fingerprint density at radius 2 is 1.86 bits per heavy atom. The van der Waals surface area contributed by atoms with Crippen LogP contribution < -0.4 is 10.2 Å². The second-order valence-electron chi connectivity index (χ2n) is 5.26. The maximum absolute atomic E-state index is 12.6. The lowest BCUT2D eigenvalue weighted by Gasteiger charge is -2.15. The van der Waals surface area contributed by atoms with Crippen LogP contribution in [-0.4, -0.2) is 17.4 Å². The molecule has 0 atom stereocenters. The molecule has 0 aliphatic carbocycles. The van der Waals surface area contributed by atoms with Gasteiger partial charge in [-0.05, 0) is 39.0 Å². The smallest absolute Gasteiger partial charge is 0.292 e. The standard InChI is InChI=1S/C13H15ClF3N3O/c1-12(2,3)19-11(20-14)18-10(21)8-5-4-6-9(7-8)13(15,16)17/h4-7H,1-3H3,(H2,18,19,20,21). The van der Waals surface area contributed by atoms with Crippen LogP contribution >= 0.6 is 11.8 Å². The monoisotopic (exact) mass is 321 g/mol. The van der Waals surface area contributed by atoms with Gasteiger partial charge in [-0.15, -0.1) is 0 Å². The SMILES string of the molecule is CC(C)(C)N=C(NCl)NC(=O)c1cccc(C(F)(F)F)c1. The Labute approximate surface area is 125 Å². The minimum absolute atomic E-state index is 0.0356. The first-order valence-corrected chi connectivity index (χ1v) is 6.36. The van der Waals surface area contributed by atoms with Gasteiger partial charge in [0.05, 0.1) is 11.1 Å². The topological polar surface area (TPSA) is 53.5 Å². The summed E-state index contributed by atoms with van der Waals surface area (Å²) >= 11 is 5.43. The molecule has 116 valence electrons. The molecule has 1 aromatic rings. The number of carbonyl (C=O) groups excluding carboxylic acids is 1. The van der Waals surface area contributed by atoms with E-state index in [0.717, 1.165) is 18.2 Å². The summed E-state index contributed by atoms with van der Waals surface area (Å²) in [5.74, 6) is -0.774. The number of benzene rings is 1. The van der Waals surface area contributed by atoms with Gasteiger partial charge in [0.2, 0.25) is 5.96 Å². The molecule has 0 fully saturated rings. The molecule has 0 bridgehead atoms. The number of halogens is 4. The van der Waals surface area contributed by atoms with Gasteiger partial charge in [0, 0.05) is 17.3 Å². The third-order valence-electron chi connectivity index (χ3n) is 2.22. The van der Waals surface area contributed by atoms with Crippen molar-refractivity contribution in [3.8, 4) is 0 Å². The zero-order chi connectivity index (χ0) is 16.3. The van der Waals surface area contributed by atoms with E-state index in [2.05, 4.69) is 15.1 Å². The summed E-state index contributed by atoms with van der Waals surface area (Å²) in [7, 11) is 0. The van der Waals surface area contributed by atoms with Crippen LogP contribution in [-0.2, 0) is 6.18 Å². The lowest BCUT2D eigenvalue weighted by atomic mass is 10.1. The van der Waals surface area contributed by atoms with Crippen LogP contribution in [0.15, 0.2) is 29.3 Å². The van der Waals surface area contributed by atoms with Crippen molar-refractivity contribution in [1.82, 2.24) is 10.2 Å². The molecule has 1 rings (SSSR count). The number of rotatable bonds is 1. The number of nitrogens with one attached hydrogen (secondary N) is 2. The molecule has 0 aromatic heterocycles. The van der Waals surface area contributed by atoms with Crippen LogP contribution in [0, 0.1) is 0 Å². The summed E-state index contributed by atoms with van der Waals surface area (Å²) in [5, 5.41) is 2.32. The van der Waals surface area contributed by atoms with Crippen molar-refractivity contribution in [1.29, 1.82) is 0 Å². The fourth-order valence-electron chi connectivity index (χ4n) is 1.42. The average Bonchev–Trinajstić information content (AvgIpc) is 2.35. The molecule has 0 unspecified atom stereocenters. The largest absolute Gasteiger partial charge is 0.416 e. The van der Waals surface area contributed by atoms with Crippen molar-refractivity contribution in [2.24, 2.45) is 4.99 Å². The van der Waals surface area contributed by atoms with Crippen molar-refractivity contribution in [2.45, 2.75) is 32.5 Å². The number of guanidine groups is 1. The van der Waals surface area contributed by atoms with Crippen molar-refractivity contribution in [3.05, 3.63) is 35.4 Å². The van der Waals surface area contributed by atoms with Gasteiger partial charge in [-0.25, -0.2) is 4.99 Å². The molecule has 21 heavy (non-hydrogen) atoms. The van der Waals surface area contributed by atoms with Crippen molar-refractivity contribution >= 4 is 23.6 Å². The number of hydrogen-bond donors (Lipinski definition) is 2. The number of amides is 1. The number of aliphatic imine (C=N–C) groups is 1. The molecule has 0 aliphatic rings. The van der Waals surface area contributed by atoms with Crippen LogP contribution in [0.4, 0.5) is 13.2 Å². The van der Waals surface area contributed by atoms with Gasteiger partial charge in [-0.3, -0.25) is 14.9 Å². The summed E-state index contributed by atoms with van der Waals surface area (Å²) in [6.45, 7) is 5.33.